The van der Waals surface area contributed by atoms with Gasteiger partial charge in [-0.15, -0.1) is 0 Å². The van der Waals surface area contributed by atoms with Crippen molar-refractivity contribution in [1.82, 2.24) is 14.7 Å². The molecule has 1 aromatic carbocycles. The Balaban J connectivity index is 1.63. The van der Waals surface area contributed by atoms with Gasteiger partial charge >= 0.3 is 0 Å². The molecule has 1 aromatic heterocycles. The summed E-state index contributed by atoms with van der Waals surface area (Å²) < 4.78 is 7.47. The van der Waals surface area contributed by atoms with Crippen LogP contribution >= 0.6 is 0 Å². The maximum absolute atomic E-state index is 5.42. The first-order valence-corrected chi connectivity index (χ1v) is 6.61. The van der Waals surface area contributed by atoms with Gasteiger partial charge in [0.2, 0.25) is 0 Å². The van der Waals surface area contributed by atoms with Crippen LogP contribution in [0.3, 0.4) is 0 Å². The molecule has 0 bridgehead atoms. The van der Waals surface area contributed by atoms with Crippen LogP contribution in [0.2, 0.25) is 0 Å². The quantitative estimate of drug-likeness (QED) is 0.841. The number of aryl methyl sites for hydroxylation is 1. The molecule has 1 fully saturated rings. The average molecular weight is 257 g/mol. The highest BCUT2D eigenvalue weighted by Crippen LogP contribution is 2.26. The molecular formula is C15H19N3O. The van der Waals surface area contributed by atoms with Crippen molar-refractivity contribution in [2.45, 2.75) is 19.5 Å². The van der Waals surface area contributed by atoms with E-state index in [0.29, 0.717) is 6.04 Å². The molecule has 0 amide bonds. The van der Waals surface area contributed by atoms with Gasteiger partial charge in [0.05, 0.1) is 13.2 Å². The van der Waals surface area contributed by atoms with Crippen molar-refractivity contribution in [3.05, 3.63) is 47.8 Å². The zero-order chi connectivity index (χ0) is 13.2. The minimum absolute atomic E-state index is 0.519. The molecule has 0 spiro atoms. The van der Waals surface area contributed by atoms with Crippen LogP contribution in [0, 0.1) is 6.92 Å². The van der Waals surface area contributed by atoms with Gasteiger partial charge in [0.15, 0.2) is 0 Å². The third-order valence-electron chi connectivity index (χ3n) is 3.67. The lowest BCUT2D eigenvalue weighted by atomic mass is 10.1. The predicted molar refractivity (Wildman–Crippen MR) is 74.3 cm³/mol. The van der Waals surface area contributed by atoms with Gasteiger partial charge in [-0.05, 0) is 19.1 Å². The largest absolute Gasteiger partial charge is 0.496 e. The Bertz CT molecular complexity index is 545. The standard InChI is InChI=1S/C15H19N3O/c1-12-4-5-15(19-2)13(8-12)9-17-10-14(11-17)18-7-3-6-16-18/h3-8,14H,9-11H2,1-2H3. The third-order valence-corrected chi connectivity index (χ3v) is 3.67. The van der Waals surface area contributed by atoms with Crippen molar-refractivity contribution in [3.63, 3.8) is 0 Å². The van der Waals surface area contributed by atoms with Crippen molar-refractivity contribution in [2.24, 2.45) is 0 Å². The number of hydrogen-bond acceptors (Lipinski definition) is 3. The molecule has 1 aliphatic rings. The van der Waals surface area contributed by atoms with E-state index in [-0.39, 0.29) is 0 Å². The van der Waals surface area contributed by atoms with E-state index < -0.39 is 0 Å². The van der Waals surface area contributed by atoms with Gasteiger partial charge in [-0.2, -0.15) is 5.10 Å². The average Bonchev–Trinajstić information content (AvgIpc) is 2.87. The van der Waals surface area contributed by atoms with Crippen LogP contribution in [0.4, 0.5) is 0 Å². The molecule has 0 unspecified atom stereocenters. The van der Waals surface area contributed by atoms with Crippen LogP contribution in [0.1, 0.15) is 17.2 Å². The SMILES string of the molecule is COc1ccc(C)cc1CN1CC(n2cccn2)C1. The fraction of sp³-hybridized carbons (Fsp3) is 0.400. The van der Waals surface area contributed by atoms with Crippen molar-refractivity contribution in [1.29, 1.82) is 0 Å². The predicted octanol–water partition coefficient (Wildman–Crippen LogP) is 2.26. The van der Waals surface area contributed by atoms with Gasteiger partial charge in [-0.1, -0.05) is 17.7 Å². The minimum Gasteiger partial charge on any atom is -0.496 e. The lowest BCUT2D eigenvalue weighted by Crippen LogP contribution is -2.47. The normalized spacial score (nSPS) is 16.3. The van der Waals surface area contributed by atoms with Crippen LogP contribution in [0.5, 0.6) is 5.75 Å². The van der Waals surface area contributed by atoms with Crippen molar-refractivity contribution in [2.75, 3.05) is 20.2 Å². The lowest BCUT2D eigenvalue weighted by molar-refractivity contribution is 0.0900. The highest BCUT2D eigenvalue weighted by atomic mass is 16.5. The number of likely N-dealkylation sites (tertiary alicyclic amines) is 1. The molecule has 0 saturated carbocycles. The van der Waals surface area contributed by atoms with Crippen LogP contribution in [0.15, 0.2) is 36.7 Å². The molecule has 0 N–H and O–H groups in total. The number of aromatic nitrogens is 2. The Morgan fingerprint density at radius 3 is 2.89 bits per heavy atom. The van der Waals surface area contributed by atoms with E-state index >= 15 is 0 Å². The number of hydrogen-bond donors (Lipinski definition) is 0. The van der Waals surface area contributed by atoms with Gasteiger partial charge in [0, 0.05) is 37.6 Å². The maximum Gasteiger partial charge on any atom is 0.123 e. The molecule has 4 nitrogen and oxygen atoms in total. The van der Waals surface area contributed by atoms with Crippen LogP contribution in [-0.2, 0) is 6.54 Å². The van der Waals surface area contributed by atoms with Crippen molar-refractivity contribution < 1.29 is 4.74 Å². The molecule has 0 aliphatic carbocycles. The second-order valence-corrected chi connectivity index (χ2v) is 5.15. The summed E-state index contributed by atoms with van der Waals surface area (Å²) in [5.41, 5.74) is 2.54. The topological polar surface area (TPSA) is 30.3 Å². The highest BCUT2D eigenvalue weighted by Gasteiger charge is 2.28. The van der Waals surface area contributed by atoms with E-state index in [9.17, 15) is 0 Å². The second-order valence-electron chi connectivity index (χ2n) is 5.15. The first-order chi connectivity index (χ1) is 9.26. The van der Waals surface area contributed by atoms with Crippen molar-refractivity contribution in [3.8, 4) is 5.75 Å². The van der Waals surface area contributed by atoms with E-state index in [0.717, 1.165) is 25.4 Å². The Morgan fingerprint density at radius 1 is 1.37 bits per heavy atom. The van der Waals surface area contributed by atoms with Gasteiger partial charge in [0.1, 0.15) is 5.75 Å². The Labute approximate surface area is 113 Å². The summed E-state index contributed by atoms with van der Waals surface area (Å²) in [5, 5.41) is 4.29. The smallest absolute Gasteiger partial charge is 0.123 e. The Hall–Kier alpha value is -1.81. The molecule has 4 heteroatoms. The molecule has 2 heterocycles. The molecular weight excluding hydrogens is 238 g/mol. The maximum atomic E-state index is 5.42. The van der Waals surface area contributed by atoms with Gasteiger partial charge in [-0.25, -0.2) is 0 Å². The highest BCUT2D eigenvalue weighted by molar-refractivity contribution is 5.36. The summed E-state index contributed by atoms with van der Waals surface area (Å²) in [4.78, 5) is 2.42. The monoisotopic (exact) mass is 257 g/mol. The Kier molecular flexibility index (Phi) is 3.25. The fourth-order valence-corrected chi connectivity index (χ4v) is 2.61. The molecule has 0 radical (unpaired) electrons. The zero-order valence-electron chi connectivity index (χ0n) is 11.4. The first kappa shape index (κ1) is 12.2. The third kappa shape index (κ3) is 2.49. The number of ether oxygens (including phenoxy) is 1. The van der Waals surface area contributed by atoms with E-state index in [1.807, 2.05) is 23.1 Å². The van der Waals surface area contributed by atoms with E-state index in [2.05, 4.69) is 35.1 Å². The van der Waals surface area contributed by atoms with Crippen LogP contribution in [0.25, 0.3) is 0 Å². The molecule has 1 aliphatic heterocycles. The molecule has 1 saturated heterocycles. The summed E-state index contributed by atoms with van der Waals surface area (Å²) in [6.45, 7) is 5.17. The van der Waals surface area contributed by atoms with Crippen molar-refractivity contribution >= 4 is 0 Å². The zero-order valence-corrected chi connectivity index (χ0v) is 11.4. The van der Waals surface area contributed by atoms with Gasteiger partial charge < -0.3 is 4.74 Å². The van der Waals surface area contributed by atoms with Crippen LogP contribution < -0.4 is 4.74 Å². The summed E-state index contributed by atoms with van der Waals surface area (Å²) in [5.74, 6) is 0.980. The second kappa shape index (κ2) is 5.05. The number of benzene rings is 1. The molecule has 2 aromatic rings. The number of methoxy groups -OCH3 is 1. The summed E-state index contributed by atoms with van der Waals surface area (Å²) in [6.07, 6.45) is 3.88. The lowest BCUT2D eigenvalue weighted by Gasteiger charge is -2.39. The Morgan fingerprint density at radius 2 is 2.21 bits per heavy atom. The molecule has 19 heavy (non-hydrogen) atoms. The van der Waals surface area contributed by atoms with E-state index in [4.69, 9.17) is 4.74 Å². The fourth-order valence-electron chi connectivity index (χ4n) is 2.61. The number of nitrogens with zero attached hydrogens (tertiary/aromatic N) is 3. The van der Waals surface area contributed by atoms with Gasteiger partial charge in [0.25, 0.3) is 0 Å². The van der Waals surface area contributed by atoms with Crippen LogP contribution in [-0.4, -0.2) is 34.9 Å². The summed E-state index contributed by atoms with van der Waals surface area (Å²) in [6, 6.07) is 8.85. The molecule has 3 rings (SSSR count). The summed E-state index contributed by atoms with van der Waals surface area (Å²) in [7, 11) is 1.73. The number of rotatable bonds is 4. The first-order valence-electron chi connectivity index (χ1n) is 6.61. The molecule has 0 atom stereocenters. The minimum atomic E-state index is 0.519. The van der Waals surface area contributed by atoms with E-state index in [1.54, 1.807) is 7.11 Å². The van der Waals surface area contributed by atoms with E-state index in [1.165, 1.54) is 11.1 Å². The summed E-state index contributed by atoms with van der Waals surface area (Å²) >= 11 is 0. The van der Waals surface area contributed by atoms with Gasteiger partial charge in [-0.3, -0.25) is 9.58 Å². The molecule has 100 valence electrons.